The topological polar surface area (TPSA) is 95.1 Å². The highest BCUT2D eigenvalue weighted by atomic mass is 127. The molecule has 1 amide bonds. The number of likely N-dealkylation sites (N-methyl/N-ethyl adjacent to an activating group) is 1. The Balaban J connectivity index is -0.000000120. The summed E-state index contributed by atoms with van der Waals surface area (Å²) in [5.41, 5.74) is 16.6. The summed E-state index contributed by atoms with van der Waals surface area (Å²) in [6.07, 6.45) is 1.17. The van der Waals surface area contributed by atoms with Gasteiger partial charge in [-0.3, -0.25) is 4.79 Å². The molecule has 0 saturated carbocycles. The first-order valence-corrected chi connectivity index (χ1v) is 4.05. The number of nitrogens with zero attached hydrogens (tertiary/aromatic N) is 1. The van der Waals surface area contributed by atoms with Crippen molar-refractivity contribution in [1.29, 1.82) is 0 Å². The quantitative estimate of drug-likeness (QED) is 0.169. The van der Waals surface area contributed by atoms with Gasteiger partial charge in [0.05, 0.1) is 33.7 Å². The number of carbonyl (C=O) groups is 1. The maximum Gasteiger partial charge on any atom is 0.243 e. The molecule has 0 aliphatic carbocycles. The van der Waals surface area contributed by atoms with Crippen LogP contribution in [0.1, 0.15) is 0 Å². The van der Waals surface area contributed by atoms with E-state index in [0.29, 0.717) is 16.7 Å². The summed E-state index contributed by atoms with van der Waals surface area (Å²) >= 11 is 0. The smallest absolute Gasteiger partial charge is 0.243 e. The second-order valence-corrected chi connectivity index (χ2v) is 4.13. The van der Waals surface area contributed by atoms with Gasteiger partial charge in [0.1, 0.15) is 0 Å². The summed E-state index contributed by atoms with van der Waals surface area (Å²) in [5, 5.41) is 0. The van der Waals surface area contributed by atoms with Crippen LogP contribution in [-0.4, -0.2) is 44.1 Å². The molecule has 0 radical (unpaired) electrons. The van der Waals surface area contributed by atoms with Crippen molar-refractivity contribution in [3.8, 4) is 0 Å². The van der Waals surface area contributed by atoms with Crippen molar-refractivity contribution in [2.75, 3.05) is 27.7 Å². The highest BCUT2D eigenvalue weighted by molar-refractivity contribution is 14.0. The Kier molecular flexibility index (Phi) is 26.3. The first-order chi connectivity index (χ1) is 5.72. The highest BCUT2D eigenvalue weighted by Gasteiger charge is 2.16. The highest BCUT2D eigenvalue weighted by Crippen LogP contribution is 1.98. The van der Waals surface area contributed by atoms with Crippen molar-refractivity contribution in [2.24, 2.45) is 17.2 Å². The molecule has 0 aliphatic heterocycles. The van der Waals surface area contributed by atoms with E-state index in [9.17, 15) is 4.79 Å². The van der Waals surface area contributed by atoms with Gasteiger partial charge in [-0.2, -0.15) is 0 Å². The van der Waals surface area contributed by atoms with Crippen molar-refractivity contribution in [2.45, 2.75) is 6.04 Å². The molecule has 1 atom stereocenters. The Morgan fingerprint density at radius 1 is 1.18 bits per heavy atom. The second kappa shape index (κ2) is 14.3. The van der Waals surface area contributed by atoms with Crippen LogP contribution in [-0.2, 0) is 4.79 Å². The summed E-state index contributed by atoms with van der Waals surface area (Å²) in [6.45, 7) is 0.662. The van der Waals surface area contributed by atoms with Gasteiger partial charge in [-0.05, 0) is 0 Å². The van der Waals surface area contributed by atoms with Crippen LogP contribution in [0, 0.1) is 0 Å². The van der Waals surface area contributed by atoms with Crippen molar-refractivity contribution < 1.29 is 33.3 Å². The number of primary amides is 1. The van der Waals surface area contributed by atoms with Crippen LogP contribution in [0.3, 0.4) is 0 Å². The van der Waals surface area contributed by atoms with E-state index >= 15 is 0 Å². The normalized spacial score (nSPS) is 11.9. The summed E-state index contributed by atoms with van der Waals surface area (Å²) in [4.78, 5) is 10.5. The number of halogens is 4. The van der Waals surface area contributed by atoms with Crippen molar-refractivity contribution >= 4 is 77.8 Å². The van der Waals surface area contributed by atoms with Gasteiger partial charge in [-0.1, -0.05) is 0 Å². The third kappa shape index (κ3) is 20.3. The van der Waals surface area contributed by atoms with Gasteiger partial charge in [0.2, 0.25) is 5.91 Å². The Morgan fingerprint density at radius 2 is 1.53 bits per heavy atom. The maximum atomic E-state index is 10.5. The van der Waals surface area contributed by atoms with Gasteiger partial charge in [-0.25, -0.2) is 0 Å². The Labute approximate surface area is 171 Å². The minimum Gasteiger partial charge on any atom is -1.00 e. The second-order valence-electron chi connectivity index (χ2n) is 4.13. The lowest BCUT2D eigenvalue weighted by atomic mass is 10.2. The van der Waals surface area contributed by atoms with E-state index in [0.717, 1.165) is 0 Å². The Bertz CT molecular complexity index is 230. The number of quaternary nitrogens is 1. The van der Waals surface area contributed by atoms with E-state index in [1.54, 1.807) is 0 Å². The first kappa shape index (κ1) is 31.3. The van der Waals surface area contributed by atoms with Gasteiger partial charge in [0.25, 0.3) is 0 Å². The fraction of sp³-hybridized carbons (Fsp3) is 0.625. The third-order valence-corrected chi connectivity index (χ3v) is 1.48. The molecule has 1 unspecified atom stereocenters. The minimum atomic E-state index is -0.561. The molecule has 9 heteroatoms. The lowest BCUT2D eigenvalue weighted by molar-refractivity contribution is -0.870. The molecule has 6 N–H and O–H groups in total. The molecular formula is C8H22I4N4O. The number of hydrogen-bond acceptors (Lipinski definition) is 3. The molecular weight excluding hydrogens is 676 g/mol. The zero-order valence-corrected chi connectivity index (χ0v) is 19.2. The fourth-order valence-electron chi connectivity index (χ4n) is 0.967. The number of carbonyl (C=O) groups excluding carboxylic acids is 1. The summed E-state index contributed by atoms with van der Waals surface area (Å²) < 4.78 is 0.689. The molecule has 0 spiro atoms. The molecule has 5 nitrogen and oxygen atoms in total. The molecule has 0 saturated heterocycles. The minimum absolute atomic E-state index is 0. The maximum absolute atomic E-state index is 10.5. The van der Waals surface area contributed by atoms with E-state index in [1.165, 1.54) is 6.08 Å². The van der Waals surface area contributed by atoms with E-state index in [1.807, 2.05) is 21.1 Å². The van der Waals surface area contributed by atoms with E-state index < -0.39 is 5.91 Å². The molecule has 0 aromatic carbocycles. The van der Waals surface area contributed by atoms with Crippen LogP contribution in [0.4, 0.5) is 0 Å². The van der Waals surface area contributed by atoms with Crippen molar-refractivity contribution in [3.63, 3.8) is 0 Å². The predicted octanol–water partition coefficient (Wildman–Crippen LogP) is -2.79. The van der Waals surface area contributed by atoms with Gasteiger partial charge in [0, 0.05) is 11.8 Å². The Hall–Kier alpha value is 1.85. The number of amides is 1. The van der Waals surface area contributed by atoms with Crippen LogP contribution in [0.2, 0.25) is 0 Å². The van der Waals surface area contributed by atoms with Crippen LogP contribution >= 0.6 is 71.9 Å². The molecule has 0 aromatic rings. The van der Waals surface area contributed by atoms with Gasteiger partial charge in [-0.15, -0.1) is 71.9 Å². The van der Waals surface area contributed by atoms with Gasteiger partial charge in [0.15, 0.2) is 0 Å². The SMILES string of the molecule is C[N+](C)(C)CC(N)C(N)=CC(N)=O.I.I.I.[I-]. The lowest BCUT2D eigenvalue weighted by Crippen LogP contribution is -3.00. The molecule has 108 valence electrons. The molecule has 0 heterocycles. The van der Waals surface area contributed by atoms with Crippen LogP contribution in [0.15, 0.2) is 11.8 Å². The van der Waals surface area contributed by atoms with E-state index in [-0.39, 0.29) is 102 Å². The van der Waals surface area contributed by atoms with Gasteiger partial charge >= 0.3 is 0 Å². The number of rotatable bonds is 4. The molecule has 17 heavy (non-hydrogen) atoms. The fourth-order valence-corrected chi connectivity index (χ4v) is 0.967. The number of hydrogen-bond donors (Lipinski definition) is 3. The van der Waals surface area contributed by atoms with E-state index in [2.05, 4.69) is 0 Å². The zero-order chi connectivity index (χ0) is 10.6. The largest absolute Gasteiger partial charge is 1.00 e. The van der Waals surface area contributed by atoms with Crippen molar-refractivity contribution in [1.82, 2.24) is 0 Å². The Morgan fingerprint density at radius 3 is 1.76 bits per heavy atom. The third-order valence-electron chi connectivity index (χ3n) is 1.48. The molecule has 0 aliphatic rings. The molecule has 0 bridgehead atoms. The van der Waals surface area contributed by atoms with Crippen LogP contribution in [0.25, 0.3) is 0 Å². The molecule has 0 rings (SSSR count). The lowest BCUT2D eigenvalue weighted by Gasteiger charge is -2.27. The average molecular weight is 698 g/mol. The van der Waals surface area contributed by atoms with Crippen LogP contribution in [0.5, 0.6) is 0 Å². The standard InChI is InChI=1S/C8H18N4O.4HI/c1-12(2,3)5-7(10)6(9)4-8(11)13;;;;/h4,7H,5,10H2,1-3H3,(H3-,9,11,13);4*1H. The predicted molar refractivity (Wildman–Crippen MR) is 98.6 cm³/mol. The monoisotopic (exact) mass is 698 g/mol. The summed E-state index contributed by atoms with van der Waals surface area (Å²) in [5.74, 6) is -0.561. The zero-order valence-electron chi connectivity index (χ0n) is 10.1. The molecule has 0 aromatic heterocycles. The summed E-state index contributed by atoms with van der Waals surface area (Å²) in [6, 6.07) is -0.326. The van der Waals surface area contributed by atoms with Crippen LogP contribution < -0.4 is 41.2 Å². The average Bonchev–Trinajstić information content (AvgIpc) is 1.81. The summed E-state index contributed by atoms with van der Waals surface area (Å²) in [7, 11) is 5.99. The first-order valence-electron chi connectivity index (χ1n) is 4.05. The molecule has 0 fully saturated rings. The van der Waals surface area contributed by atoms with Gasteiger partial charge < -0.3 is 45.7 Å². The number of nitrogens with two attached hydrogens (primary N) is 3. The van der Waals surface area contributed by atoms with E-state index in [4.69, 9.17) is 17.2 Å². The van der Waals surface area contributed by atoms with Crippen molar-refractivity contribution in [3.05, 3.63) is 11.8 Å².